The van der Waals surface area contributed by atoms with Crippen molar-refractivity contribution in [3.63, 3.8) is 0 Å². The molecule has 3 aromatic rings. The van der Waals surface area contributed by atoms with Crippen LogP contribution in [0.3, 0.4) is 0 Å². The van der Waals surface area contributed by atoms with E-state index >= 15 is 0 Å². The predicted molar refractivity (Wildman–Crippen MR) is 95.0 cm³/mol. The number of esters is 1. The number of para-hydroxylation sites is 1. The van der Waals surface area contributed by atoms with Crippen LogP contribution >= 0.6 is 0 Å². The number of hydrogen-bond acceptors (Lipinski definition) is 4. The van der Waals surface area contributed by atoms with Crippen LogP contribution in [0.2, 0.25) is 0 Å². The molecule has 4 heteroatoms. The molecular weight excluding hydrogens is 304 g/mol. The molecule has 0 unspecified atom stereocenters. The van der Waals surface area contributed by atoms with Gasteiger partial charge in [-0.15, -0.1) is 0 Å². The van der Waals surface area contributed by atoms with Gasteiger partial charge in [0, 0.05) is 16.8 Å². The molecule has 0 amide bonds. The Kier molecular flexibility index (Phi) is 4.47. The summed E-state index contributed by atoms with van der Waals surface area (Å²) < 4.78 is 10.1. The molecule has 24 heavy (non-hydrogen) atoms. The monoisotopic (exact) mass is 322 g/mol. The predicted octanol–water partition coefficient (Wildman–Crippen LogP) is 4.08. The van der Waals surface area contributed by atoms with Crippen LogP contribution in [-0.2, 0) is 16.0 Å². The maximum absolute atomic E-state index is 12.3. The van der Waals surface area contributed by atoms with Crippen LogP contribution in [0.15, 0.2) is 51.7 Å². The molecule has 0 fully saturated rings. The first kappa shape index (κ1) is 16.0. The number of ether oxygens (including phenoxy) is 1. The SMILES string of the molecule is CCCc1ccc2c(=O)oc3ccccc3c2c1/C=C/C(=O)OC. The first-order valence-corrected chi connectivity index (χ1v) is 7.89. The molecule has 1 heterocycles. The fraction of sp³-hybridized carbons (Fsp3) is 0.200. The Hall–Kier alpha value is -2.88. The van der Waals surface area contributed by atoms with Crippen LogP contribution in [0, 0.1) is 0 Å². The number of fused-ring (bicyclic) bond motifs is 3. The van der Waals surface area contributed by atoms with Gasteiger partial charge in [-0.2, -0.15) is 0 Å². The second-order valence-electron chi connectivity index (χ2n) is 5.55. The summed E-state index contributed by atoms with van der Waals surface area (Å²) in [5.41, 5.74) is 2.11. The van der Waals surface area contributed by atoms with Gasteiger partial charge in [-0.1, -0.05) is 37.6 Å². The number of hydrogen-bond donors (Lipinski definition) is 0. The molecule has 0 aliphatic heterocycles. The highest BCUT2D eigenvalue weighted by molar-refractivity contribution is 6.09. The van der Waals surface area contributed by atoms with E-state index in [1.54, 1.807) is 18.2 Å². The largest absolute Gasteiger partial charge is 0.466 e. The lowest BCUT2D eigenvalue weighted by molar-refractivity contribution is -0.134. The zero-order chi connectivity index (χ0) is 17.1. The van der Waals surface area contributed by atoms with E-state index in [9.17, 15) is 9.59 Å². The molecule has 122 valence electrons. The summed E-state index contributed by atoms with van der Waals surface area (Å²) in [7, 11) is 1.34. The van der Waals surface area contributed by atoms with E-state index in [1.807, 2.05) is 24.3 Å². The van der Waals surface area contributed by atoms with Crippen LogP contribution in [0.25, 0.3) is 27.8 Å². The van der Waals surface area contributed by atoms with Crippen LogP contribution in [0.4, 0.5) is 0 Å². The number of rotatable bonds is 4. The summed E-state index contributed by atoms with van der Waals surface area (Å²) in [4.78, 5) is 23.9. The van der Waals surface area contributed by atoms with E-state index in [4.69, 9.17) is 4.42 Å². The lowest BCUT2D eigenvalue weighted by atomic mass is 9.94. The second-order valence-corrected chi connectivity index (χ2v) is 5.55. The van der Waals surface area contributed by atoms with Crippen molar-refractivity contribution in [1.29, 1.82) is 0 Å². The molecule has 0 spiro atoms. The third-order valence-electron chi connectivity index (χ3n) is 4.02. The maximum atomic E-state index is 12.3. The minimum absolute atomic E-state index is 0.375. The fourth-order valence-corrected chi connectivity index (χ4v) is 2.94. The normalized spacial score (nSPS) is 11.4. The molecule has 0 bridgehead atoms. The van der Waals surface area contributed by atoms with E-state index in [-0.39, 0.29) is 5.63 Å². The quantitative estimate of drug-likeness (QED) is 0.314. The molecule has 0 atom stereocenters. The average molecular weight is 322 g/mol. The molecule has 0 saturated heterocycles. The lowest BCUT2D eigenvalue weighted by Gasteiger charge is -2.11. The molecule has 3 rings (SSSR count). The third-order valence-corrected chi connectivity index (χ3v) is 4.02. The van der Waals surface area contributed by atoms with Gasteiger partial charge in [-0.3, -0.25) is 0 Å². The molecular formula is C20H18O4. The van der Waals surface area contributed by atoms with Crippen molar-refractivity contribution in [1.82, 2.24) is 0 Å². The smallest absolute Gasteiger partial charge is 0.344 e. The highest BCUT2D eigenvalue weighted by atomic mass is 16.5. The van der Waals surface area contributed by atoms with E-state index in [0.29, 0.717) is 11.0 Å². The lowest BCUT2D eigenvalue weighted by Crippen LogP contribution is -2.03. The summed E-state index contributed by atoms with van der Waals surface area (Å²) in [5.74, 6) is -0.429. The standard InChI is InChI=1S/C20H18O4/c1-3-6-13-9-10-16-19(14(13)11-12-18(21)23-2)15-7-4-5-8-17(15)24-20(16)22/h4-5,7-12H,3,6H2,1-2H3/b12-11+. The number of methoxy groups -OCH3 is 1. The average Bonchev–Trinajstić information content (AvgIpc) is 2.60. The van der Waals surface area contributed by atoms with Crippen LogP contribution in [0.5, 0.6) is 0 Å². The Bertz CT molecular complexity index is 996. The van der Waals surface area contributed by atoms with Gasteiger partial charge < -0.3 is 9.15 Å². The molecule has 4 nitrogen and oxygen atoms in total. The van der Waals surface area contributed by atoms with Gasteiger partial charge >= 0.3 is 11.6 Å². The second kappa shape index (κ2) is 6.71. The van der Waals surface area contributed by atoms with Crippen molar-refractivity contribution in [2.24, 2.45) is 0 Å². The van der Waals surface area contributed by atoms with Gasteiger partial charge in [0.15, 0.2) is 0 Å². The Balaban J connectivity index is 2.42. The summed E-state index contributed by atoms with van der Waals surface area (Å²) in [6, 6.07) is 11.2. The molecule has 0 saturated carbocycles. The Morgan fingerprint density at radius 2 is 1.96 bits per heavy atom. The van der Waals surface area contributed by atoms with Gasteiger partial charge in [-0.25, -0.2) is 9.59 Å². The number of carbonyl (C=O) groups excluding carboxylic acids is 1. The van der Waals surface area contributed by atoms with E-state index in [0.717, 1.165) is 34.7 Å². The van der Waals surface area contributed by atoms with Gasteiger partial charge in [0.1, 0.15) is 5.58 Å². The zero-order valence-corrected chi connectivity index (χ0v) is 13.7. The summed E-state index contributed by atoms with van der Waals surface area (Å²) in [6.45, 7) is 2.09. The van der Waals surface area contributed by atoms with Gasteiger partial charge in [-0.05, 0) is 35.8 Å². The molecule has 0 aliphatic carbocycles. The Morgan fingerprint density at radius 3 is 2.71 bits per heavy atom. The van der Waals surface area contributed by atoms with E-state index in [1.165, 1.54) is 13.2 Å². The van der Waals surface area contributed by atoms with Crippen molar-refractivity contribution < 1.29 is 13.9 Å². The topological polar surface area (TPSA) is 56.5 Å². The first-order valence-electron chi connectivity index (χ1n) is 7.89. The fourth-order valence-electron chi connectivity index (χ4n) is 2.94. The highest BCUT2D eigenvalue weighted by Crippen LogP contribution is 2.30. The van der Waals surface area contributed by atoms with E-state index < -0.39 is 5.97 Å². The van der Waals surface area contributed by atoms with Crippen molar-refractivity contribution in [3.8, 4) is 0 Å². The minimum Gasteiger partial charge on any atom is -0.466 e. The van der Waals surface area contributed by atoms with Gasteiger partial charge in [0.2, 0.25) is 0 Å². The Morgan fingerprint density at radius 1 is 1.17 bits per heavy atom. The first-order chi connectivity index (χ1) is 11.7. The number of carbonyl (C=O) groups is 1. The van der Waals surface area contributed by atoms with Crippen molar-refractivity contribution >= 4 is 33.8 Å². The summed E-state index contributed by atoms with van der Waals surface area (Å²) in [5, 5.41) is 2.18. The summed E-state index contributed by atoms with van der Waals surface area (Å²) in [6.07, 6.45) is 4.93. The molecule has 0 aliphatic rings. The van der Waals surface area contributed by atoms with E-state index in [2.05, 4.69) is 11.7 Å². The van der Waals surface area contributed by atoms with Gasteiger partial charge in [0.25, 0.3) is 0 Å². The van der Waals surface area contributed by atoms with Crippen molar-refractivity contribution in [2.75, 3.05) is 7.11 Å². The minimum atomic E-state index is -0.429. The highest BCUT2D eigenvalue weighted by Gasteiger charge is 2.13. The van der Waals surface area contributed by atoms with Crippen molar-refractivity contribution in [3.05, 3.63) is 64.0 Å². The molecule has 0 N–H and O–H groups in total. The molecule has 1 aromatic heterocycles. The van der Waals surface area contributed by atoms with Crippen LogP contribution < -0.4 is 5.63 Å². The number of benzene rings is 2. The van der Waals surface area contributed by atoms with Crippen LogP contribution in [-0.4, -0.2) is 13.1 Å². The van der Waals surface area contributed by atoms with Crippen molar-refractivity contribution in [2.45, 2.75) is 19.8 Å². The zero-order valence-electron chi connectivity index (χ0n) is 13.7. The maximum Gasteiger partial charge on any atom is 0.344 e. The molecule has 2 aromatic carbocycles. The van der Waals surface area contributed by atoms with Crippen LogP contribution in [0.1, 0.15) is 24.5 Å². The van der Waals surface area contributed by atoms with Gasteiger partial charge in [0.05, 0.1) is 12.5 Å². The number of aryl methyl sites for hydroxylation is 1. The third kappa shape index (κ3) is 2.83. The molecule has 0 radical (unpaired) electrons. The summed E-state index contributed by atoms with van der Waals surface area (Å²) >= 11 is 0. The Labute approximate surface area is 139 Å².